The minimum Gasteiger partial charge on any atom is -0.458 e. The topological polar surface area (TPSA) is 91.4 Å². The van der Waals surface area contributed by atoms with Crippen LogP contribution < -0.4 is 5.32 Å². The molecule has 0 aliphatic carbocycles. The maximum Gasteiger partial charge on any atom is 0.163 e. The van der Waals surface area contributed by atoms with Gasteiger partial charge in [0.1, 0.15) is 23.1 Å². The van der Waals surface area contributed by atoms with Crippen LogP contribution in [-0.4, -0.2) is 86.8 Å². The third-order valence-corrected chi connectivity index (χ3v) is 8.12. The molecule has 0 spiro atoms. The zero-order chi connectivity index (χ0) is 28.5. The summed E-state index contributed by atoms with van der Waals surface area (Å²) in [6, 6.07) is 8.21. The van der Waals surface area contributed by atoms with Gasteiger partial charge in [0.2, 0.25) is 0 Å². The molecule has 2 aliphatic heterocycles. The van der Waals surface area contributed by atoms with E-state index in [-0.39, 0.29) is 6.04 Å². The minimum atomic E-state index is 0.175. The van der Waals surface area contributed by atoms with E-state index in [1.54, 1.807) is 6.20 Å². The predicted molar refractivity (Wildman–Crippen MR) is 163 cm³/mol. The summed E-state index contributed by atoms with van der Waals surface area (Å²) >= 11 is 0. The molecule has 0 saturated carbocycles. The zero-order valence-corrected chi connectivity index (χ0v) is 24.5. The van der Waals surface area contributed by atoms with Crippen LogP contribution >= 0.6 is 0 Å². The summed E-state index contributed by atoms with van der Waals surface area (Å²) in [7, 11) is 6.30. The largest absolute Gasteiger partial charge is 0.458 e. The molecule has 1 unspecified atom stereocenters. The van der Waals surface area contributed by atoms with Gasteiger partial charge in [0.25, 0.3) is 0 Å². The van der Waals surface area contributed by atoms with Crippen molar-refractivity contribution in [3.8, 4) is 11.5 Å². The average Bonchev–Trinajstić information content (AvgIpc) is 3.58. The first kappa shape index (κ1) is 27.2. The Morgan fingerprint density at radius 1 is 1.12 bits per heavy atom. The monoisotopic (exact) mass is 553 g/mol. The molecule has 1 N–H and O–H groups in total. The highest BCUT2D eigenvalue weighted by atomic mass is 16.3. The first-order valence-electron chi connectivity index (χ1n) is 14.4. The van der Waals surface area contributed by atoms with Gasteiger partial charge >= 0.3 is 0 Å². The summed E-state index contributed by atoms with van der Waals surface area (Å²) in [4.78, 5) is 21.1. The van der Waals surface area contributed by atoms with Gasteiger partial charge in [-0.15, -0.1) is 0 Å². The number of rotatable bonds is 5. The summed E-state index contributed by atoms with van der Waals surface area (Å²) in [5.41, 5.74) is 3.95. The maximum absolute atomic E-state index is 6.38. The Balaban J connectivity index is 1.36. The number of aromatic nitrogens is 5. The van der Waals surface area contributed by atoms with Gasteiger partial charge in [-0.25, -0.2) is 15.0 Å². The number of nitrogens with one attached hydrogen (secondary N) is 1. The number of piperazine rings is 1. The van der Waals surface area contributed by atoms with E-state index in [0.29, 0.717) is 17.5 Å². The Morgan fingerprint density at radius 3 is 2.73 bits per heavy atom. The van der Waals surface area contributed by atoms with Gasteiger partial charge in [-0.1, -0.05) is 12.7 Å². The molecule has 10 nitrogen and oxygen atoms in total. The van der Waals surface area contributed by atoms with Crippen LogP contribution in [0.5, 0.6) is 0 Å². The van der Waals surface area contributed by atoms with E-state index in [2.05, 4.69) is 76.5 Å². The standard InChI is InChI=1S/C31H39N9O/c1-6-23-25(37(3)4)9-7-8-21(2)40-26-18-29(34-28-12-13-32-31(23)35-28)33-19-24(26)30(36-40)27-11-10-22(41-27)20-39-16-14-38(5)15-17-39/h6,10-13,18-19,21H,1,7-9,14-17,20H2,2-5H3,(H,32,33,34,35)/b25-23+. The van der Waals surface area contributed by atoms with Gasteiger partial charge < -0.3 is 19.5 Å². The molecule has 41 heavy (non-hydrogen) atoms. The lowest BCUT2D eigenvalue weighted by atomic mass is 10.0. The Kier molecular flexibility index (Phi) is 7.59. The lowest BCUT2D eigenvalue weighted by Gasteiger charge is -2.31. The average molecular weight is 554 g/mol. The lowest BCUT2D eigenvalue weighted by molar-refractivity contribution is 0.140. The lowest BCUT2D eigenvalue weighted by Crippen LogP contribution is -2.43. The molecule has 6 heterocycles. The number of nitrogens with zero attached hydrogens (tertiary/aromatic N) is 8. The van der Waals surface area contributed by atoms with Crippen LogP contribution in [-0.2, 0) is 6.54 Å². The van der Waals surface area contributed by atoms with E-state index in [9.17, 15) is 0 Å². The highest BCUT2D eigenvalue weighted by Gasteiger charge is 2.22. The van der Waals surface area contributed by atoms with E-state index in [1.165, 1.54) is 0 Å². The molecule has 10 heteroatoms. The Bertz CT molecular complexity index is 1580. The first-order chi connectivity index (χ1) is 19.9. The van der Waals surface area contributed by atoms with Gasteiger partial charge in [0.05, 0.1) is 12.1 Å². The molecule has 4 bridgehead atoms. The SMILES string of the molecule is C=C/C1=C(\N(C)C)CCCC(C)n2nc(-c3ccc(CN4CCN(C)CC4)o3)c3cnc(cc32)Nc2ccnc1n2. The molecule has 6 rings (SSSR count). The molecule has 1 saturated heterocycles. The summed E-state index contributed by atoms with van der Waals surface area (Å²) in [5.74, 6) is 3.77. The highest BCUT2D eigenvalue weighted by molar-refractivity contribution is 5.93. The van der Waals surface area contributed by atoms with Crippen LogP contribution in [0.1, 0.15) is 43.8 Å². The number of hydrogen-bond acceptors (Lipinski definition) is 9. The molecular formula is C31H39N9O. The van der Waals surface area contributed by atoms with Crippen molar-refractivity contribution in [3.63, 3.8) is 0 Å². The van der Waals surface area contributed by atoms with Crippen molar-refractivity contribution in [2.75, 3.05) is 52.6 Å². The fourth-order valence-corrected chi connectivity index (χ4v) is 5.75. The second kappa shape index (κ2) is 11.5. The number of allylic oxidation sites excluding steroid dienone is 3. The van der Waals surface area contributed by atoms with Crippen molar-refractivity contribution in [1.29, 1.82) is 0 Å². The van der Waals surface area contributed by atoms with Crippen molar-refractivity contribution < 1.29 is 4.42 Å². The van der Waals surface area contributed by atoms with Crippen molar-refractivity contribution in [1.82, 2.24) is 39.4 Å². The van der Waals surface area contributed by atoms with Gasteiger partial charge in [0.15, 0.2) is 11.6 Å². The molecule has 0 amide bonds. The summed E-state index contributed by atoms with van der Waals surface area (Å²) in [6.45, 7) is 11.4. The van der Waals surface area contributed by atoms with Gasteiger partial charge in [0, 0.05) is 81.4 Å². The number of pyridine rings is 1. The summed E-state index contributed by atoms with van der Waals surface area (Å²) in [6.07, 6.45) is 8.33. The van der Waals surface area contributed by atoms with Crippen LogP contribution in [0.25, 0.3) is 27.9 Å². The van der Waals surface area contributed by atoms with Crippen molar-refractivity contribution in [2.45, 2.75) is 38.8 Å². The van der Waals surface area contributed by atoms with E-state index in [1.807, 2.05) is 24.4 Å². The normalized spacial score (nSPS) is 20.6. The third-order valence-electron chi connectivity index (χ3n) is 8.12. The quantitative estimate of drug-likeness (QED) is 0.359. The van der Waals surface area contributed by atoms with Gasteiger partial charge in [-0.2, -0.15) is 5.10 Å². The number of likely N-dealkylation sites (N-methyl/N-ethyl adjacent to an activating group) is 1. The van der Waals surface area contributed by atoms with E-state index in [0.717, 1.165) is 91.4 Å². The molecule has 1 fully saturated rings. The summed E-state index contributed by atoms with van der Waals surface area (Å²) in [5, 5.41) is 9.48. The molecule has 4 aromatic rings. The zero-order valence-electron chi connectivity index (χ0n) is 24.5. The van der Waals surface area contributed by atoms with Crippen LogP contribution in [0, 0.1) is 0 Å². The van der Waals surface area contributed by atoms with Crippen molar-refractivity contribution in [2.24, 2.45) is 0 Å². The van der Waals surface area contributed by atoms with Crippen LogP contribution in [0.3, 0.4) is 0 Å². The molecular weight excluding hydrogens is 514 g/mol. The molecule has 2 aliphatic rings. The summed E-state index contributed by atoms with van der Waals surface area (Å²) < 4.78 is 8.51. The fourth-order valence-electron chi connectivity index (χ4n) is 5.75. The number of fused-ring (bicyclic) bond motifs is 3. The van der Waals surface area contributed by atoms with Crippen LogP contribution in [0.15, 0.2) is 59.4 Å². The van der Waals surface area contributed by atoms with E-state index < -0.39 is 0 Å². The molecule has 0 aromatic carbocycles. The van der Waals surface area contributed by atoms with Crippen LogP contribution in [0.2, 0.25) is 0 Å². The van der Waals surface area contributed by atoms with E-state index >= 15 is 0 Å². The fraction of sp³-hybridized carbons (Fsp3) is 0.419. The van der Waals surface area contributed by atoms with Crippen molar-refractivity contribution in [3.05, 3.63) is 66.6 Å². The highest BCUT2D eigenvalue weighted by Crippen LogP contribution is 2.34. The molecule has 0 radical (unpaired) electrons. The Morgan fingerprint density at radius 2 is 1.95 bits per heavy atom. The minimum absolute atomic E-state index is 0.175. The predicted octanol–water partition coefficient (Wildman–Crippen LogP) is 5.18. The number of furan rings is 1. The van der Waals surface area contributed by atoms with Crippen molar-refractivity contribution >= 4 is 28.1 Å². The van der Waals surface area contributed by atoms with E-state index in [4.69, 9.17) is 19.5 Å². The number of hydrogen-bond donors (Lipinski definition) is 1. The number of anilines is 2. The van der Waals surface area contributed by atoms with Crippen LogP contribution in [0.4, 0.5) is 11.6 Å². The molecule has 4 aromatic heterocycles. The second-order valence-electron chi connectivity index (χ2n) is 11.3. The third kappa shape index (κ3) is 5.62. The Hall–Kier alpha value is -4.02. The second-order valence-corrected chi connectivity index (χ2v) is 11.3. The molecule has 214 valence electrons. The van der Waals surface area contributed by atoms with Gasteiger partial charge in [-0.3, -0.25) is 9.58 Å². The smallest absolute Gasteiger partial charge is 0.163 e. The molecule has 1 atom stereocenters. The Labute approximate surface area is 241 Å². The maximum atomic E-state index is 6.38. The first-order valence-corrected chi connectivity index (χ1v) is 14.4. The van der Waals surface area contributed by atoms with Gasteiger partial charge in [-0.05, 0) is 51.4 Å².